The number of benzene rings is 1. The van der Waals surface area contributed by atoms with Crippen molar-refractivity contribution in [3.05, 3.63) is 33.8 Å². The second kappa shape index (κ2) is 9.03. The van der Waals surface area contributed by atoms with Crippen molar-refractivity contribution in [2.45, 2.75) is 64.3 Å². The first-order valence-corrected chi connectivity index (χ1v) is 11.4. The number of nitrogens with zero attached hydrogens (tertiary/aromatic N) is 2. The molecule has 1 amide bonds. The van der Waals surface area contributed by atoms with Gasteiger partial charge in [-0.15, -0.1) is 0 Å². The van der Waals surface area contributed by atoms with E-state index in [1.807, 2.05) is 31.7 Å². The largest absolute Gasteiger partial charge is 0.444 e. The van der Waals surface area contributed by atoms with Crippen molar-refractivity contribution in [1.29, 1.82) is 0 Å². The molecule has 0 unspecified atom stereocenters. The van der Waals surface area contributed by atoms with Crippen LogP contribution in [0.4, 0.5) is 4.79 Å². The summed E-state index contributed by atoms with van der Waals surface area (Å²) >= 11 is 6.51. The molecule has 0 spiro atoms. The first kappa shape index (κ1) is 21.9. The molecule has 0 aliphatic carbocycles. The van der Waals surface area contributed by atoms with Crippen LogP contribution in [0.3, 0.4) is 0 Å². The van der Waals surface area contributed by atoms with Crippen molar-refractivity contribution in [3.63, 3.8) is 0 Å². The van der Waals surface area contributed by atoms with E-state index in [1.54, 1.807) is 0 Å². The minimum absolute atomic E-state index is 0.185. The van der Waals surface area contributed by atoms with Gasteiger partial charge >= 0.3 is 6.09 Å². The Labute approximate surface area is 184 Å². The predicted molar refractivity (Wildman–Crippen MR) is 116 cm³/mol. The second-order valence-electron chi connectivity index (χ2n) is 9.46. The van der Waals surface area contributed by atoms with Gasteiger partial charge in [0.1, 0.15) is 5.60 Å². The molecule has 3 aliphatic rings. The zero-order chi connectivity index (χ0) is 21.3. The van der Waals surface area contributed by atoms with Crippen LogP contribution in [-0.2, 0) is 27.2 Å². The highest BCUT2D eigenvalue weighted by Crippen LogP contribution is 2.36. The van der Waals surface area contributed by atoms with Crippen molar-refractivity contribution in [2.75, 3.05) is 39.5 Å². The molecule has 2 saturated heterocycles. The lowest BCUT2D eigenvalue weighted by atomic mass is 9.89. The average Bonchev–Trinajstić information content (AvgIpc) is 2.72. The fourth-order valence-corrected chi connectivity index (χ4v) is 4.99. The van der Waals surface area contributed by atoms with Crippen molar-refractivity contribution in [3.8, 4) is 0 Å². The van der Waals surface area contributed by atoms with Gasteiger partial charge in [0, 0.05) is 43.9 Å². The van der Waals surface area contributed by atoms with E-state index in [1.165, 1.54) is 11.1 Å². The van der Waals surface area contributed by atoms with Crippen LogP contribution in [0.1, 0.15) is 56.3 Å². The Hall–Kier alpha value is -1.34. The number of hydrogen-bond donors (Lipinski definition) is 0. The molecule has 1 atom stereocenters. The maximum Gasteiger partial charge on any atom is 0.410 e. The zero-order valence-corrected chi connectivity index (χ0v) is 19.0. The molecule has 0 saturated carbocycles. The van der Waals surface area contributed by atoms with Crippen LogP contribution in [-0.4, -0.2) is 67.1 Å². The van der Waals surface area contributed by atoms with E-state index in [4.69, 9.17) is 25.8 Å². The maximum atomic E-state index is 13.0. The normalized spacial score (nSPS) is 23.9. The Kier molecular flexibility index (Phi) is 6.58. The molecule has 0 radical (unpaired) electrons. The van der Waals surface area contributed by atoms with Gasteiger partial charge in [-0.2, -0.15) is 0 Å². The molecule has 7 heteroatoms. The minimum Gasteiger partial charge on any atom is -0.444 e. The summed E-state index contributed by atoms with van der Waals surface area (Å²) in [4.78, 5) is 17.3. The first-order chi connectivity index (χ1) is 14.3. The van der Waals surface area contributed by atoms with E-state index in [2.05, 4.69) is 11.0 Å². The van der Waals surface area contributed by atoms with Crippen molar-refractivity contribution in [1.82, 2.24) is 9.80 Å². The van der Waals surface area contributed by atoms with Gasteiger partial charge in [-0.3, -0.25) is 9.80 Å². The number of halogens is 1. The molecule has 166 valence electrons. The quantitative estimate of drug-likeness (QED) is 0.695. The number of ether oxygens (including phenoxy) is 3. The lowest BCUT2D eigenvalue weighted by Crippen LogP contribution is -2.47. The number of fused-ring (bicyclic) bond motifs is 1. The van der Waals surface area contributed by atoms with E-state index in [0.717, 1.165) is 56.2 Å². The lowest BCUT2D eigenvalue weighted by molar-refractivity contribution is -0.0336. The van der Waals surface area contributed by atoms with Crippen molar-refractivity contribution >= 4 is 17.7 Å². The third-order valence-corrected chi connectivity index (χ3v) is 6.41. The molecule has 30 heavy (non-hydrogen) atoms. The van der Waals surface area contributed by atoms with Gasteiger partial charge in [0.2, 0.25) is 0 Å². The summed E-state index contributed by atoms with van der Waals surface area (Å²) in [7, 11) is 0. The maximum absolute atomic E-state index is 13.0. The number of carbonyl (C=O) groups excluding carboxylic acids is 1. The lowest BCUT2D eigenvalue weighted by Gasteiger charge is -2.41. The molecule has 1 aromatic rings. The highest BCUT2D eigenvalue weighted by molar-refractivity contribution is 6.30. The van der Waals surface area contributed by atoms with Crippen molar-refractivity contribution < 1.29 is 19.0 Å². The molecule has 6 nitrogen and oxygen atoms in total. The van der Waals surface area contributed by atoms with E-state index in [-0.39, 0.29) is 12.1 Å². The fourth-order valence-electron chi connectivity index (χ4n) is 4.74. The highest BCUT2D eigenvalue weighted by atomic mass is 35.5. The second-order valence-corrected chi connectivity index (χ2v) is 9.90. The Morgan fingerprint density at radius 2 is 1.90 bits per heavy atom. The van der Waals surface area contributed by atoms with Crippen molar-refractivity contribution in [2.24, 2.45) is 0 Å². The van der Waals surface area contributed by atoms with Gasteiger partial charge in [0.15, 0.2) is 0 Å². The molecule has 3 aliphatic heterocycles. The van der Waals surface area contributed by atoms with Crippen LogP contribution in [0.2, 0.25) is 5.02 Å². The smallest absolute Gasteiger partial charge is 0.410 e. The summed E-state index contributed by atoms with van der Waals surface area (Å²) in [5.74, 6) is 0. The topological polar surface area (TPSA) is 51.2 Å². The summed E-state index contributed by atoms with van der Waals surface area (Å²) in [6.45, 7) is 10.8. The van der Waals surface area contributed by atoms with Crippen LogP contribution < -0.4 is 0 Å². The SMILES string of the molecule is CC(C)(C)OC(=O)N1CCOC[C@H]1c1cc(Cl)cc2c1CN(C1CCOCC1)CC2. The van der Waals surface area contributed by atoms with Gasteiger partial charge in [0.05, 0.1) is 19.3 Å². The van der Waals surface area contributed by atoms with Gasteiger partial charge in [-0.1, -0.05) is 11.6 Å². The minimum atomic E-state index is -0.534. The molecule has 2 fully saturated rings. The van der Waals surface area contributed by atoms with E-state index < -0.39 is 5.60 Å². The molecule has 1 aromatic carbocycles. The van der Waals surface area contributed by atoms with Crippen LogP contribution in [0.25, 0.3) is 0 Å². The number of rotatable bonds is 2. The van der Waals surface area contributed by atoms with Gasteiger partial charge in [0.25, 0.3) is 0 Å². The zero-order valence-electron chi connectivity index (χ0n) is 18.3. The van der Waals surface area contributed by atoms with E-state index >= 15 is 0 Å². The molecule has 0 bridgehead atoms. The predicted octanol–water partition coefficient (Wildman–Crippen LogP) is 4.19. The first-order valence-electron chi connectivity index (χ1n) is 11.0. The summed E-state index contributed by atoms with van der Waals surface area (Å²) in [6, 6.07) is 4.48. The Bertz CT molecular complexity index is 773. The van der Waals surface area contributed by atoms with E-state index in [9.17, 15) is 4.79 Å². The van der Waals surface area contributed by atoms with Crippen LogP contribution in [0.15, 0.2) is 12.1 Å². The van der Waals surface area contributed by atoms with E-state index in [0.29, 0.717) is 25.8 Å². The molecule has 0 N–H and O–H groups in total. The summed E-state index contributed by atoms with van der Waals surface area (Å²) in [5, 5.41) is 0.720. The Morgan fingerprint density at radius 3 is 2.63 bits per heavy atom. The Balaban J connectivity index is 1.63. The van der Waals surface area contributed by atoms with Gasteiger partial charge in [-0.25, -0.2) is 4.79 Å². The standard InChI is InChI=1S/C23H33ClN2O4/c1-23(2,3)30-22(27)26-8-11-29-15-21(26)19-13-17(24)12-16-4-7-25(14-20(16)19)18-5-9-28-10-6-18/h12-13,18,21H,4-11,14-15H2,1-3H3/t21-/m0/s1. The molecule has 3 heterocycles. The molecular formula is C23H33ClN2O4. The molecule has 4 rings (SSSR count). The van der Waals surface area contributed by atoms with Crippen LogP contribution in [0.5, 0.6) is 0 Å². The summed E-state index contributed by atoms with van der Waals surface area (Å²) in [5.41, 5.74) is 3.14. The van der Waals surface area contributed by atoms with Crippen LogP contribution >= 0.6 is 11.6 Å². The fraction of sp³-hybridized carbons (Fsp3) is 0.696. The molecular weight excluding hydrogens is 404 g/mol. The average molecular weight is 437 g/mol. The summed E-state index contributed by atoms with van der Waals surface area (Å²) < 4.78 is 17.0. The summed E-state index contributed by atoms with van der Waals surface area (Å²) in [6.07, 6.45) is 2.84. The Morgan fingerprint density at radius 1 is 1.13 bits per heavy atom. The number of morpholine rings is 1. The third-order valence-electron chi connectivity index (χ3n) is 6.19. The molecule has 0 aromatic heterocycles. The third kappa shape index (κ3) is 4.93. The highest BCUT2D eigenvalue weighted by Gasteiger charge is 2.35. The number of amides is 1. The van der Waals surface area contributed by atoms with Crippen LogP contribution in [0, 0.1) is 0 Å². The van der Waals surface area contributed by atoms with Gasteiger partial charge in [-0.05, 0) is 68.9 Å². The van der Waals surface area contributed by atoms with Gasteiger partial charge < -0.3 is 14.2 Å². The monoisotopic (exact) mass is 436 g/mol. The number of carbonyl (C=O) groups is 1. The number of hydrogen-bond acceptors (Lipinski definition) is 5.